The molecule has 2 aliphatic heterocycles. The summed E-state index contributed by atoms with van der Waals surface area (Å²) in [5.41, 5.74) is 0.955. The minimum absolute atomic E-state index is 0.0303. The number of nitrogens with one attached hydrogen (secondary N) is 1. The molecule has 1 N–H and O–H groups in total. The van der Waals surface area contributed by atoms with Crippen molar-refractivity contribution in [2.24, 2.45) is 10.8 Å². The van der Waals surface area contributed by atoms with Gasteiger partial charge in [0.15, 0.2) is 0 Å². The second-order valence-electron chi connectivity index (χ2n) is 10.5. The van der Waals surface area contributed by atoms with Gasteiger partial charge in [-0.05, 0) is 57.1 Å². The van der Waals surface area contributed by atoms with Gasteiger partial charge in [-0.1, -0.05) is 30.6 Å². The highest BCUT2D eigenvalue weighted by molar-refractivity contribution is 7.88. The largest absolute Gasteiger partial charge is 0.359 e. The Morgan fingerprint density at radius 2 is 2.00 bits per heavy atom. The second-order valence-corrected chi connectivity index (χ2v) is 12.3. The third-order valence-electron chi connectivity index (χ3n) is 7.72. The molecule has 0 aromatic heterocycles. The van der Waals surface area contributed by atoms with Gasteiger partial charge >= 0.3 is 0 Å². The molecule has 2 atom stereocenters. The number of likely N-dealkylation sites (tertiary alicyclic amines) is 2. The van der Waals surface area contributed by atoms with Crippen molar-refractivity contribution in [1.29, 1.82) is 0 Å². The lowest BCUT2D eigenvalue weighted by Crippen LogP contribution is -2.50. The molecule has 4 fully saturated rings. The molecule has 32 heavy (non-hydrogen) atoms. The average molecular weight is 458 g/mol. The Labute approximate surface area is 191 Å². The van der Waals surface area contributed by atoms with E-state index in [4.69, 9.17) is 0 Å². The van der Waals surface area contributed by atoms with Gasteiger partial charge in [-0.2, -0.15) is 0 Å². The van der Waals surface area contributed by atoms with Gasteiger partial charge in [0.1, 0.15) is 5.82 Å². The minimum atomic E-state index is -3.40. The van der Waals surface area contributed by atoms with Gasteiger partial charge in [-0.25, -0.2) is 17.5 Å². The van der Waals surface area contributed by atoms with Gasteiger partial charge in [0.25, 0.3) is 0 Å². The molecule has 2 unspecified atom stereocenters. The number of sulfonamides is 1. The molecule has 1 aromatic carbocycles. The fourth-order valence-electron chi connectivity index (χ4n) is 5.06. The van der Waals surface area contributed by atoms with Gasteiger partial charge in [0.05, 0.1) is 23.7 Å². The highest BCUT2D eigenvalue weighted by Gasteiger charge is 2.60. The molecule has 0 radical (unpaired) electrons. The quantitative estimate of drug-likeness (QED) is 0.667. The zero-order valence-electron chi connectivity index (χ0n) is 19.0. The summed E-state index contributed by atoms with van der Waals surface area (Å²) in [5.74, 6) is 6.92. The highest BCUT2D eigenvalue weighted by Crippen LogP contribution is 2.56. The number of hydrogen-bond acceptors (Lipinski definition) is 4. The molecule has 2 heterocycles. The van der Waals surface area contributed by atoms with Crippen LogP contribution in [0.5, 0.6) is 0 Å². The first-order valence-corrected chi connectivity index (χ1v) is 13.5. The van der Waals surface area contributed by atoms with Crippen LogP contribution < -0.4 is 4.72 Å². The SMILES string of the molecule is C=C(N1CCC1)N1CC2(CC2)C(NS(C)(=O)=O)C1Cc1cccc(C#CC2(C)CC2)c1F. The Bertz CT molecular complexity index is 1110. The van der Waals surface area contributed by atoms with Crippen LogP contribution in [0, 0.1) is 28.5 Å². The Morgan fingerprint density at radius 1 is 1.28 bits per heavy atom. The van der Waals surface area contributed by atoms with Crippen molar-refractivity contribution in [3.63, 3.8) is 0 Å². The zero-order valence-corrected chi connectivity index (χ0v) is 19.8. The number of halogens is 1. The van der Waals surface area contributed by atoms with Crippen molar-refractivity contribution in [2.75, 3.05) is 25.9 Å². The van der Waals surface area contributed by atoms with Crippen molar-refractivity contribution in [1.82, 2.24) is 14.5 Å². The fourth-order valence-corrected chi connectivity index (χ4v) is 5.93. The Morgan fingerprint density at radius 3 is 2.56 bits per heavy atom. The summed E-state index contributed by atoms with van der Waals surface area (Å²) in [7, 11) is -3.40. The summed E-state index contributed by atoms with van der Waals surface area (Å²) in [4.78, 5) is 4.47. The summed E-state index contributed by atoms with van der Waals surface area (Å²) in [6.45, 7) is 9.15. The van der Waals surface area contributed by atoms with Crippen LogP contribution in [0.2, 0.25) is 0 Å². The van der Waals surface area contributed by atoms with Crippen LogP contribution >= 0.6 is 0 Å². The summed E-state index contributed by atoms with van der Waals surface area (Å²) >= 11 is 0. The highest BCUT2D eigenvalue weighted by atomic mass is 32.2. The van der Waals surface area contributed by atoms with E-state index in [0.717, 1.165) is 57.6 Å². The normalized spacial score (nSPS) is 27.0. The molecular formula is C25H32FN3O2S. The van der Waals surface area contributed by atoms with Gasteiger partial charge in [-0.3, -0.25) is 0 Å². The molecule has 2 aliphatic carbocycles. The number of nitrogens with zero attached hydrogens (tertiary/aromatic N) is 2. The molecule has 0 amide bonds. The Hall–Kier alpha value is -2.04. The van der Waals surface area contributed by atoms with E-state index in [2.05, 4.69) is 39.9 Å². The first kappa shape index (κ1) is 21.8. The van der Waals surface area contributed by atoms with Crippen molar-refractivity contribution >= 4 is 10.0 Å². The molecule has 1 spiro atoms. The first-order valence-electron chi connectivity index (χ1n) is 11.6. The predicted molar refractivity (Wildman–Crippen MR) is 124 cm³/mol. The number of hydrogen-bond donors (Lipinski definition) is 1. The molecular weight excluding hydrogens is 425 g/mol. The topological polar surface area (TPSA) is 52.6 Å². The summed E-state index contributed by atoms with van der Waals surface area (Å²) in [6, 6.07) is 4.96. The van der Waals surface area contributed by atoms with Crippen LogP contribution in [-0.4, -0.2) is 56.2 Å². The lowest BCUT2D eigenvalue weighted by Gasteiger charge is -2.42. The van der Waals surface area contributed by atoms with Crippen LogP contribution in [0.15, 0.2) is 30.6 Å². The van der Waals surface area contributed by atoms with Crippen LogP contribution in [0.1, 0.15) is 50.2 Å². The van der Waals surface area contributed by atoms with Crippen molar-refractivity contribution < 1.29 is 12.8 Å². The van der Waals surface area contributed by atoms with E-state index in [1.165, 1.54) is 6.26 Å². The lowest BCUT2D eigenvalue weighted by atomic mass is 9.92. The molecule has 5 rings (SSSR count). The molecule has 5 nitrogen and oxygen atoms in total. The van der Waals surface area contributed by atoms with E-state index in [9.17, 15) is 8.42 Å². The molecule has 7 heteroatoms. The van der Waals surface area contributed by atoms with Crippen molar-refractivity contribution in [3.05, 3.63) is 47.5 Å². The molecule has 0 bridgehead atoms. The standard InChI is InChI=1S/C25H32FN3O2S/c1-18(28-14-5-15-28)29-17-25(12-13-25)23(27-32(3,30)31)21(29)16-20-7-4-6-19(22(20)26)8-9-24(2)10-11-24/h4,6-7,21,23,27H,1,5,10-17H2,2-3H3. The molecule has 2 saturated carbocycles. The first-order chi connectivity index (χ1) is 15.1. The third kappa shape index (κ3) is 4.15. The van der Waals surface area contributed by atoms with E-state index in [-0.39, 0.29) is 28.7 Å². The average Bonchev–Trinajstić information content (AvgIpc) is 3.58. The van der Waals surface area contributed by atoms with Gasteiger partial charge in [0.2, 0.25) is 10.0 Å². The number of benzene rings is 1. The van der Waals surface area contributed by atoms with E-state index < -0.39 is 10.0 Å². The van der Waals surface area contributed by atoms with Crippen LogP contribution in [-0.2, 0) is 16.4 Å². The van der Waals surface area contributed by atoms with Crippen LogP contribution in [0.4, 0.5) is 4.39 Å². The molecule has 4 aliphatic rings. The van der Waals surface area contributed by atoms with E-state index in [1.54, 1.807) is 12.1 Å². The number of rotatable bonds is 6. The second kappa shape index (κ2) is 7.50. The van der Waals surface area contributed by atoms with E-state index in [0.29, 0.717) is 17.5 Å². The van der Waals surface area contributed by atoms with Crippen LogP contribution in [0.3, 0.4) is 0 Å². The van der Waals surface area contributed by atoms with Gasteiger partial charge in [0, 0.05) is 36.5 Å². The monoisotopic (exact) mass is 457 g/mol. The maximum Gasteiger partial charge on any atom is 0.209 e. The predicted octanol–water partition coefficient (Wildman–Crippen LogP) is 3.08. The third-order valence-corrected chi connectivity index (χ3v) is 8.40. The van der Waals surface area contributed by atoms with E-state index in [1.807, 2.05) is 6.07 Å². The maximum atomic E-state index is 15.5. The lowest BCUT2D eigenvalue weighted by molar-refractivity contribution is 0.141. The van der Waals surface area contributed by atoms with Gasteiger partial charge < -0.3 is 9.80 Å². The summed E-state index contributed by atoms with van der Waals surface area (Å²) in [5, 5.41) is 0. The minimum Gasteiger partial charge on any atom is -0.359 e. The molecule has 1 aromatic rings. The summed E-state index contributed by atoms with van der Waals surface area (Å²) < 4.78 is 42.8. The maximum absolute atomic E-state index is 15.5. The molecule has 172 valence electrons. The smallest absolute Gasteiger partial charge is 0.209 e. The van der Waals surface area contributed by atoms with E-state index >= 15 is 4.39 Å². The summed E-state index contributed by atoms with van der Waals surface area (Å²) in [6.07, 6.45) is 6.86. The Kier molecular flexibility index (Phi) is 5.10. The Balaban J connectivity index is 1.46. The fraction of sp³-hybridized carbons (Fsp3) is 0.600. The zero-order chi connectivity index (χ0) is 22.7. The molecule has 2 saturated heterocycles. The van der Waals surface area contributed by atoms with Crippen LogP contribution in [0.25, 0.3) is 0 Å². The van der Waals surface area contributed by atoms with Crippen molar-refractivity contribution in [2.45, 2.75) is 57.5 Å². The van der Waals surface area contributed by atoms with Crippen molar-refractivity contribution in [3.8, 4) is 11.8 Å². The van der Waals surface area contributed by atoms with Gasteiger partial charge in [-0.15, -0.1) is 0 Å².